The van der Waals surface area contributed by atoms with Gasteiger partial charge in [-0.1, -0.05) is 19.3 Å². The van der Waals surface area contributed by atoms with Crippen molar-refractivity contribution < 1.29 is 4.79 Å². The van der Waals surface area contributed by atoms with Crippen LogP contribution in [0.3, 0.4) is 0 Å². The first-order valence-corrected chi connectivity index (χ1v) is 5.96. The molecule has 2 rings (SSSR count). The van der Waals surface area contributed by atoms with Gasteiger partial charge in [0, 0.05) is 19.2 Å². The molecule has 1 aliphatic rings. The highest BCUT2D eigenvalue weighted by Crippen LogP contribution is 2.26. The molecule has 1 fully saturated rings. The van der Waals surface area contributed by atoms with Crippen LogP contribution in [0.1, 0.15) is 32.1 Å². The van der Waals surface area contributed by atoms with Crippen molar-refractivity contribution >= 4 is 11.6 Å². The molecule has 1 amide bonds. The fourth-order valence-corrected chi connectivity index (χ4v) is 2.30. The lowest BCUT2D eigenvalue weighted by molar-refractivity contribution is -0.123. The molecule has 0 spiro atoms. The second-order valence-corrected chi connectivity index (χ2v) is 4.44. The summed E-state index contributed by atoms with van der Waals surface area (Å²) in [6.07, 6.45) is 9.21. The van der Waals surface area contributed by atoms with Crippen molar-refractivity contribution in [2.45, 2.75) is 32.1 Å². The van der Waals surface area contributed by atoms with Crippen molar-refractivity contribution in [3.05, 3.63) is 24.5 Å². The van der Waals surface area contributed by atoms with Crippen LogP contribution in [0.25, 0.3) is 0 Å². The third-order valence-corrected chi connectivity index (χ3v) is 3.32. The molecule has 1 aromatic heterocycles. The van der Waals surface area contributed by atoms with Crippen molar-refractivity contribution in [2.75, 3.05) is 11.9 Å². The summed E-state index contributed by atoms with van der Waals surface area (Å²) >= 11 is 0. The van der Waals surface area contributed by atoms with Crippen LogP contribution >= 0.6 is 0 Å². The van der Waals surface area contributed by atoms with E-state index in [9.17, 15) is 4.79 Å². The molecule has 86 valence electrons. The van der Waals surface area contributed by atoms with Crippen LogP contribution < -0.4 is 4.90 Å². The Balaban J connectivity index is 2.04. The Kier molecular flexibility index (Phi) is 3.54. The van der Waals surface area contributed by atoms with Gasteiger partial charge in [0.1, 0.15) is 0 Å². The minimum absolute atomic E-state index is 0.221. The quantitative estimate of drug-likeness (QED) is 0.764. The van der Waals surface area contributed by atoms with E-state index in [0.29, 0.717) is 0 Å². The number of carbonyl (C=O) groups excluding carboxylic acids is 1. The Morgan fingerprint density at radius 1 is 1.38 bits per heavy atom. The zero-order valence-corrected chi connectivity index (χ0v) is 9.72. The zero-order chi connectivity index (χ0) is 11.4. The molecule has 1 aromatic rings. The minimum atomic E-state index is 0.221. The predicted octanol–water partition coefficient (Wildman–Crippen LogP) is 2.62. The number of aromatic nitrogens is 1. The summed E-state index contributed by atoms with van der Waals surface area (Å²) in [6, 6.07) is 3.79. The maximum Gasteiger partial charge on any atom is 0.229 e. The van der Waals surface area contributed by atoms with Crippen LogP contribution in [0.4, 0.5) is 5.69 Å². The van der Waals surface area contributed by atoms with Crippen molar-refractivity contribution in [1.29, 1.82) is 0 Å². The topological polar surface area (TPSA) is 33.2 Å². The average Bonchev–Trinajstić information content (AvgIpc) is 2.39. The van der Waals surface area contributed by atoms with Gasteiger partial charge in [-0.3, -0.25) is 9.78 Å². The first-order valence-electron chi connectivity index (χ1n) is 5.96. The molecular formula is C13H18N2O. The lowest BCUT2D eigenvalue weighted by atomic mass is 9.88. The Labute approximate surface area is 96.5 Å². The van der Waals surface area contributed by atoms with E-state index >= 15 is 0 Å². The summed E-state index contributed by atoms with van der Waals surface area (Å²) in [6.45, 7) is 0. The van der Waals surface area contributed by atoms with E-state index in [1.807, 2.05) is 19.2 Å². The van der Waals surface area contributed by atoms with Gasteiger partial charge in [0.2, 0.25) is 5.91 Å². The van der Waals surface area contributed by atoms with Gasteiger partial charge in [-0.15, -0.1) is 0 Å². The third-order valence-electron chi connectivity index (χ3n) is 3.32. The number of nitrogens with zero attached hydrogens (tertiary/aromatic N) is 2. The van der Waals surface area contributed by atoms with Gasteiger partial charge in [0.05, 0.1) is 11.9 Å². The van der Waals surface area contributed by atoms with Crippen molar-refractivity contribution in [3.63, 3.8) is 0 Å². The summed E-state index contributed by atoms with van der Waals surface area (Å²) < 4.78 is 0. The highest BCUT2D eigenvalue weighted by molar-refractivity contribution is 5.94. The van der Waals surface area contributed by atoms with Crippen molar-refractivity contribution in [1.82, 2.24) is 4.98 Å². The molecule has 1 saturated carbocycles. The van der Waals surface area contributed by atoms with E-state index in [4.69, 9.17) is 0 Å². The van der Waals surface area contributed by atoms with E-state index in [0.717, 1.165) is 18.5 Å². The first-order chi connectivity index (χ1) is 7.79. The number of rotatable bonds is 2. The standard InChI is InChI=1S/C13H18N2O/c1-15(12-8-5-9-14-10-12)13(16)11-6-3-2-4-7-11/h5,8-11H,2-4,6-7H2,1H3. The fourth-order valence-electron chi connectivity index (χ4n) is 2.30. The Hall–Kier alpha value is -1.38. The van der Waals surface area contributed by atoms with E-state index in [2.05, 4.69) is 4.98 Å². The number of anilines is 1. The number of carbonyl (C=O) groups is 1. The molecule has 0 saturated heterocycles. The first kappa shape index (κ1) is 11.1. The number of hydrogen-bond acceptors (Lipinski definition) is 2. The molecule has 0 bridgehead atoms. The van der Waals surface area contributed by atoms with Crippen LogP contribution in [0.2, 0.25) is 0 Å². The summed E-state index contributed by atoms with van der Waals surface area (Å²) in [5.74, 6) is 0.464. The molecule has 16 heavy (non-hydrogen) atoms. The smallest absolute Gasteiger partial charge is 0.229 e. The molecule has 0 atom stereocenters. The Morgan fingerprint density at radius 2 is 2.12 bits per heavy atom. The maximum atomic E-state index is 12.2. The molecule has 1 aliphatic carbocycles. The van der Waals surface area contributed by atoms with Gasteiger partial charge in [0.25, 0.3) is 0 Å². The van der Waals surface area contributed by atoms with E-state index in [1.54, 1.807) is 17.3 Å². The van der Waals surface area contributed by atoms with Crippen LogP contribution in [0.5, 0.6) is 0 Å². The van der Waals surface area contributed by atoms with Gasteiger partial charge < -0.3 is 4.90 Å². The lowest BCUT2D eigenvalue weighted by Gasteiger charge is -2.26. The van der Waals surface area contributed by atoms with Crippen LogP contribution in [0.15, 0.2) is 24.5 Å². The zero-order valence-electron chi connectivity index (χ0n) is 9.72. The van der Waals surface area contributed by atoms with Gasteiger partial charge in [-0.2, -0.15) is 0 Å². The summed E-state index contributed by atoms with van der Waals surface area (Å²) in [5, 5.41) is 0. The second kappa shape index (κ2) is 5.10. The van der Waals surface area contributed by atoms with Crippen LogP contribution in [-0.4, -0.2) is 17.9 Å². The molecule has 0 radical (unpaired) electrons. The van der Waals surface area contributed by atoms with Crippen LogP contribution in [-0.2, 0) is 4.79 Å². The van der Waals surface area contributed by atoms with Gasteiger partial charge in [0.15, 0.2) is 0 Å². The molecule has 1 heterocycles. The number of pyridine rings is 1. The summed E-state index contributed by atoms with van der Waals surface area (Å²) in [4.78, 5) is 18.0. The normalized spacial score (nSPS) is 17.1. The molecule has 3 nitrogen and oxygen atoms in total. The average molecular weight is 218 g/mol. The maximum absolute atomic E-state index is 12.2. The SMILES string of the molecule is CN(C(=O)C1CCCCC1)c1cccnc1. The second-order valence-electron chi connectivity index (χ2n) is 4.44. The Morgan fingerprint density at radius 3 is 2.75 bits per heavy atom. The fraction of sp³-hybridized carbons (Fsp3) is 0.538. The monoisotopic (exact) mass is 218 g/mol. The van der Waals surface area contributed by atoms with Gasteiger partial charge in [-0.05, 0) is 25.0 Å². The van der Waals surface area contributed by atoms with Gasteiger partial charge >= 0.3 is 0 Å². The van der Waals surface area contributed by atoms with E-state index in [1.165, 1.54) is 19.3 Å². The van der Waals surface area contributed by atoms with Crippen molar-refractivity contribution in [2.24, 2.45) is 5.92 Å². The minimum Gasteiger partial charge on any atom is -0.314 e. The molecular weight excluding hydrogens is 200 g/mol. The van der Waals surface area contributed by atoms with Crippen LogP contribution in [0, 0.1) is 5.92 Å². The summed E-state index contributed by atoms with van der Waals surface area (Å²) in [7, 11) is 1.84. The molecule has 0 unspecified atom stereocenters. The highest BCUT2D eigenvalue weighted by atomic mass is 16.2. The van der Waals surface area contributed by atoms with Crippen molar-refractivity contribution in [3.8, 4) is 0 Å². The highest BCUT2D eigenvalue weighted by Gasteiger charge is 2.24. The molecule has 0 N–H and O–H groups in total. The molecule has 0 aromatic carbocycles. The van der Waals surface area contributed by atoms with Gasteiger partial charge in [-0.25, -0.2) is 0 Å². The Bertz CT molecular complexity index is 344. The molecule has 0 aliphatic heterocycles. The van der Waals surface area contributed by atoms with E-state index < -0.39 is 0 Å². The number of hydrogen-bond donors (Lipinski definition) is 0. The van der Waals surface area contributed by atoms with E-state index in [-0.39, 0.29) is 11.8 Å². The summed E-state index contributed by atoms with van der Waals surface area (Å²) in [5.41, 5.74) is 0.887. The predicted molar refractivity (Wildman–Crippen MR) is 64.2 cm³/mol. The molecule has 3 heteroatoms. The lowest BCUT2D eigenvalue weighted by Crippen LogP contribution is -2.33. The number of amides is 1. The third kappa shape index (κ3) is 2.40. The largest absolute Gasteiger partial charge is 0.314 e.